The van der Waals surface area contributed by atoms with Gasteiger partial charge in [0.05, 0.1) is 5.69 Å². The average molecular weight is 284 g/mol. The lowest BCUT2D eigenvalue weighted by atomic mass is 10.0. The Balaban J connectivity index is 2.17. The van der Waals surface area contributed by atoms with E-state index in [1.54, 1.807) is 6.20 Å². The Morgan fingerprint density at radius 1 is 1.14 bits per heavy atom. The molecule has 0 bridgehead atoms. The van der Waals surface area contributed by atoms with Gasteiger partial charge in [0.25, 0.3) is 0 Å². The van der Waals surface area contributed by atoms with Crippen molar-refractivity contribution in [2.75, 3.05) is 0 Å². The van der Waals surface area contributed by atoms with Crippen LogP contribution >= 0.6 is 0 Å². The van der Waals surface area contributed by atoms with Gasteiger partial charge in [-0.15, -0.1) is 0 Å². The minimum atomic E-state index is 0.172. The number of aromatic nitrogens is 1. The van der Waals surface area contributed by atoms with Crippen molar-refractivity contribution in [1.29, 1.82) is 0 Å². The van der Waals surface area contributed by atoms with E-state index in [9.17, 15) is 0 Å². The highest BCUT2D eigenvalue weighted by atomic mass is 16.5. The second-order valence-electron chi connectivity index (χ2n) is 5.49. The van der Waals surface area contributed by atoms with Gasteiger partial charge >= 0.3 is 0 Å². The number of nitrogens with zero attached hydrogens (tertiary/aromatic N) is 1. The van der Waals surface area contributed by atoms with Crippen molar-refractivity contribution in [1.82, 2.24) is 4.98 Å². The van der Waals surface area contributed by atoms with Crippen LogP contribution in [-0.4, -0.2) is 11.0 Å². The van der Waals surface area contributed by atoms with Crippen molar-refractivity contribution >= 4 is 0 Å². The van der Waals surface area contributed by atoms with Crippen molar-refractivity contribution in [3.63, 3.8) is 0 Å². The number of rotatable bonds is 6. The van der Waals surface area contributed by atoms with Crippen molar-refractivity contribution in [3.8, 4) is 5.75 Å². The predicted octanol–water partition coefficient (Wildman–Crippen LogP) is 3.56. The Hall–Kier alpha value is -1.87. The van der Waals surface area contributed by atoms with E-state index in [0.29, 0.717) is 6.61 Å². The fraction of sp³-hybridized carbons (Fsp3) is 0.389. The summed E-state index contributed by atoms with van der Waals surface area (Å²) in [6, 6.07) is 10.4. The van der Waals surface area contributed by atoms with Crippen LogP contribution < -0.4 is 10.5 Å². The molecule has 0 aliphatic carbocycles. The summed E-state index contributed by atoms with van der Waals surface area (Å²) in [5.74, 6) is 0.950. The van der Waals surface area contributed by atoms with Crippen LogP contribution in [0, 0.1) is 13.8 Å². The second kappa shape index (κ2) is 7.23. The van der Waals surface area contributed by atoms with Crippen LogP contribution in [0.2, 0.25) is 0 Å². The average Bonchev–Trinajstić information content (AvgIpc) is 2.48. The van der Waals surface area contributed by atoms with Gasteiger partial charge in [0.1, 0.15) is 12.4 Å². The Morgan fingerprint density at radius 3 is 2.62 bits per heavy atom. The van der Waals surface area contributed by atoms with Gasteiger partial charge in [0, 0.05) is 12.2 Å². The number of ether oxygens (including phenoxy) is 1. The molecule has 1 aromatic carbocycles. The standard InChI is InChI=1S/C18H24N2O/c1-4-16(19)11-15-9-5-7-14(3)18(15)21-12-17-13(2)8-6-10-20-17/h5-10,16H,4,11-12,19H2,1-3H3. The van der Waals surface area contributed by atoms with Gasteiger partial charge in [0.15, 0.2) is 0 Å². The summed E-state index contributed by atoms with van der Waals surface area (Å²) in [5, 5.41) is 0. The molecule has 1 heterocycles. The van der Waals surface area contributed by atoms with Crippen LogP contribution in [0.5, 0.6) is 5.75 Å². The maximum atomic E-state index is 6.09. The molecule has 2 rings (SSSR count). The van der Waals surface area contributed by atoms with Crippen molar-refractivity contribution in [2.45, 2.75) is 46.3 Å². The topological polar surface area (TPSA) is 48.1 Å². The first-order valence-corrected chi connectivity index (χ1v) is 7.49. The van der Waals surface area contributed by atoms with Crippen LogP contribution in [0.4, 0.5) is 0 Å². The number of pyridine rings is 1. The largest absolute Gasteiger partial charge is 0.487 e. The summed E-state index contributed by atoms with van der Waals surface area (Å²) < 4.78 is 6.06. The van der Waals surface area contributed by atoms with Crippen LogP contribution in [-0.2, 0) is 13.0 Å². The van der Waals surface area contributed by atoms with Crippen LogP contribution in [0.1, 0.15) is 35.7 Å². The highest BCUT2D eigenvalue weighted by Gasteiger charge is 2.11. The predicted molar refractivity (Wildman–Crippen MR) is 86.5 cm³/mol. The second-order valence-corrected chi connectivity index (χ2v) is 5.49. The first kappa shape index (κ1) is 15.5. The molecule has 0 radical (unpaired) electrons. The van der Waals surface area contributed by atoms with Gasteiger partial charge < -0.3 is 10.5 Å². The summed E-state index contributed by atoms with van der Waals surface area (Å²) in [6.45, 7) is 6.73. The lowest BCUT2D eigenvalue weighted by molar-refractivity contribution is 0.294. The summed E-state index contributed by atoms with van der Waals surface area (Å²) in [5.41, 5.74) is 10.5. The smallest absolute Gasteiger partial charge is 0.130 e. The highest BCUT2D eigenvalue weighted by Crippen LogP contribution is 2.26. The molecule has 0 spiro atoms. The van der Waals surface area contributed by atoms with Crippen molar-refractivity contribution < 1.29 is 4.74 Å². The van der Waals surface area contributed by atoms with E-state index in [2.05, 4.69) is 50.0 Å². The highest BCUT2D eigenvalue weighted by molar-refractivity contribution is 5.41. The Labute approximate surface area is 127 Å². The molecule has 1 aromatic heterocycles. The zero-order valence-corrected chi connectivity index (χ0v) is 13.1. The van der Waals surface area contributed by atoms with Crippen LogP contribution in [0.25, 0.3) is 0 Å². The van der Waals surface area contributed by atoms with E-state index in [4.69, 9.17) is 10.5 Å². The first-order chi connectivity index (χ1) is 10.1. The molecule has 0 amide bonds. The van der Waals surface area contributed by atoms with E-state index in [1.807, 2.05) is 6.07 Å². The molecule has 21 heavy (non-hydrogen) atoms. The number of para-hydroxylation sites is 1. The number of aryl methyl sites for hydroxylation is 2. The number of hydrogen-bond donors (Lipinski definition) is 1. The molecule has 0 saturated heterocycles. The zero-order valence-electron chi connectivity index (χ0n) is 13.1. The molecule has 0 saturated carbocycles. The van der Waals surface area contributed by atoms with Gasteiger partial charge in [-0.3, -0.25) is 4.98 Å². The zero-order chi connectivity index (χ0) is 15.2. The summed E-state index contributed by atoms with van der Waals surface area (Å²) in [7, 11) is 0. The van der Waals surface area contributed by atoms with Gasteiger partial charge in [-0.25, -0.2) is 0 Å². The van der Waals surface area contributed by atoms with E-state index < -0.39 is 0 Å². The Morgan fingerprint density at radius 2 is 1.90 bits per heavy atom. The molecule has 3 heteroatoms. The van der Waals surface area contributed by atoms with E-state index in [-0.39, 0.29) is 6.04 Å². The van der Waals surface area contributed by atoms with Gasteiger partial charge in [0.2, 0.25) is 0 Å². The maximum absolute atomic E-state index is 6.09. The lowest BCUT2D eigenvalue weighted by Crippen LogP contribution is -2.22. The molecule has 1 atom stereocenters. The van der Waals surface area contributed by atoms with Gasteiger partial charge in [-0.1, -0.05) is 31.2 Å². The summed E-state index contributed by atoms with van der Waals surface area (Å²) >= 11 is 0. The summed E-state index contributed by atoms with van der Waals surface area (Å²) in [6.07, 6.45) is 3.61. The Kier molecular flexibility index (Phi) is 5.34. The van der Waals surface area contributed by atoms with Crippen LogP contribution in [0.3, 0.4) is 0 Å². The monoisotopic (exact) mass is 284 g/mol. The molecule has 112 valence electrons. The molecule has 2 N–H and O–H groups in total. The minimum Gasteiger partial charge on any atom is -0.487 e. The first-order valence-electron chi connectivity index (χ1n) is 7.49. The third-order valence-corrected chi connectivity index (χ3v) is 3.77. The quantitative estimate of drug-likeness (QED) is 0.882. The van der Waals surface area contributed by atoms with E-state index in [1.165, 1.54) is 5.56 Å². The van der Waals surface area contributed by atoms with Gasteiger partial charge in [-0.05, 0) is 49.4 Å². The fourth-order valence-electron chi connectivity index (χ4n) is 2.32. The fourth-order valence-corrected chi connectivity index (χ4v) is 2.32. The third kappa shape index (κ3) is 4.05. The van der Waals surface area contributed by atoms with E-state index >= 15 is 0 Å². The minimum absolute atomic E-state index is 0.172. The maximum Gasteiger partial charge on any atom is 0.130 e. The SMILES string of the molecule is CCC(N)Cc1cccc(C)c1OCc1ncccc1C. The van der Waals surface area contributed by atoms with Crippen molar-refractivity contribution in [2.24, 2.45) is 5.73 Å². The number of hydrogen-bond acceptors (Lipinski definition) is 3. The van der Waals surface area contributed by atoms with Gasteiger partial charge in [-0.2, -0.15) is 0 Å². The molecule has 0 aliphatic rings. The summed E-state index contributed by atoms with van der Waals surface area (Å²) in [4.78, 5) is 4.38. The normalized spacial score (nSPS) is 12.2. The molecule has 3 nitrogen and oxygen atoms in total. The molecular formula is C18H24N2O. The number of benzene rings is 1. The molecule has 0 fully saturated rings. The molecular weight excluding hydrogens is 260 g/mol. The third-order valence-electron chi connectivity index (χ3n) is 3.77. The number of nitrogens with two attached hydrogens (primary N) is 1. The molecule has 2 aromatic rings. The molecule has 0 aliphatic heterocycles. The Bertz CT molecular complexity index is 596. The lowest BCUT2D eigenvalue weighted by Gasteiger charge is -2.17. The van der Waals surface area contributed by atoms with Crippen molar-refractivity contribution in [3.05, 3.63) is 58.9 Å². The van der Waals surface area contributed by atoms with E-state index in [0.717, 1.165) is 35.4 Å². The molecule has 1 unspecified atom stereocenters. The van der Waals surface area contributed by atoms with Crippen LogP contribution in [0.15, 0.2) is 36.5 Å².